The summed E-state index contributed by atoms with van der Waals surface area (Å²) in [7, 11) is 0. The van der Waals surface area contributed by atoms with Crippen molar-refractivity contribution in [1.29, 1.82) is 0 Å². The molecule has 0 aliphatic carbocycles. The molecule has 7 nitrogen and oxygen atoms in total. The molecule has 3 rings (SSSR count). The Bertz CT molecular complexity index is 1010. The number of anilines is 1. The minimum atomic E-state index is -0.706. The van der Waals surface area contributed by atoms with Gasteiger partial charge < -0.3 is 16.6 Å². The largest absolute Gasteiger partial charge is 0.508 e. The van der Waals surface area contributed by atoms with Gasteiger partial charge in [0, 0.05) is 5.56 Å². The van der Waals surface area contributed by atoms with Gasteiger partial charge >= 0.3 is 0 Å². The van der Waals surface area contributed by atoms with Gasteiger partial charge in [-0.2, -0.15) is 0 Å². The highest BCUT2D eigenvalue weighted by atomic mass is 35.5. The third-order valence-electron chi connectivity index (χ3n) is 4.06. The van der Waals surface area contributed by atoms with E-state index in [0.717, 1.165) is 0 Å². The molecule has 2 aromatic heterocycles. The van der Waals surface area contributed by atoms with Gasteiger partial charge in [-0.05, 0) is 32.9 Å². The predicted molar refractivity (Wildman–Crippen MR) is 92.7 cm³/mol. The van der Waals surface area contributed by atoms with E-state index in [4.69, 9.17) is 23.1 Å². The highest BCUT2D eigenvalue weighted by molar-refractivity contribution is 6.32. The van der Waals surface area contributed by atoms with E-state index < -0.39 is 5.91 Å². The molecular weight excluding hydrogens is 330 g/mol. The molecule has 3 aromatic rings. The molecule has 0 fully saturated rings. The van der Waals surface area contributed by atoms with E-state index in [2.05, 4.69) is 9.97 Å². The Morgan fingerprint density at radius 2 is 1.83 bits per heavy atom. The number of aromatic hydroxyl groups is 1. The fourth-order valence-corrected chi connectivity index (χ4v) is 2.95. The van der Waals surface area contributed by atoms with Crippen molar-refractivity contribution in [3.8, 4) is 11.4 Å². The molecule has 8 heteroatoms. The van der Waals surface area contributed by atoms with Crippen molar-refractivity contribution >= 4 is 34.5 Å². The van der Waals surface area contributed by atoms with Crippen molar-refractivity contribution in [3.05, 3.63) is 39.7 Å². The monoisotopic (exact) mass is 345 g/mol. The van der Waals surface area contributed by atoms with Crippen LogP contribution in [0.15, 0.2) is 12.1 Å². The van der Waals surface area contributed by atoms with Crippen molar-refractivity contribution in [2.75, 3.05) is 5.73 Å². The highest BCUT2D eigenvalue weighted by Gasteiger charge is 2.25. The first-order valence-corrected chi connectivity index (χ1v) is 7.55. The van der Waals surface area contributed by atoms with Crippen LogP contribution in [0.4, 0.5) is 5.82 Å². The lowest BCUT2D eigenvalue weighted by Gasteiger charge is -2.14. The van der Waals surface area contributed by atoms with Gasteiger partial charge in [-0.25, -0.2) is 9.97 Å². The molecule has 1 aromatic carbocycles. The van der Waals surface area contributed by atoms with Crippen LogP contribution < -0.4 is 11.5 Å². The average Bonchev–Trinajstić information content (AvgIpc) is 2.77. The maximum atomic E-state index is 11.9. The van der Waals surface area contributed by atoms with Gasteiger partial charge in [0.1, 0.15) is 22.6 Å². The van der Waals surface area contributed by atoms with Crippen LogP contribution in [0.1, 0.15) is 27.3 Å². The van der Waals surface area contributed by atoms with E-state index in [0.29, 0.717) is 38.8 Å². The van der Waals surface area contributed by atoms with E-state index in [-0.39, 0.29) is 17.1 Å². The van der Waals surface area contributed by atoms with Crippen molar-refractivity contribution < 1.29 is 9.90 Å². The Balaban J connectivity index is 2.55. The number of phenolic OH excluding ortho intramolecular Hbond substituents is 1. The molecule has 2 heterocycles. The lowest BCUT2D eigenvalue weighted by Crippen LogP contribution is -2.14. The fourth-order valence-electron chi connectivity index (χ4n) is 2.66. The maximum absolute atomic E-state index is 11.9. The Labute approximate surface area is 142 Å². The molecule has 0 spiro atoms. The fraction of sp³-hybridized carbons (Fsp3) is 0.188. The zero-order valence-corrected chi connectivity index (χ0v) is 14.1. The molecule has 0 aliphatic heterocycles. The van der Waals surface area contributed by atoms with Crippen LogP contribution >= 0.6 is 11.6 Å². The Hall–Kier alpha value is -2.80. The van der Waals surface area contributed by atoms with Crippen LogP contribution in [0, 0.1) is 20.8 Å². The number of nitrogens with two attached hydrogens (primary N) is 2. The molecule has 24 heavy (non-hydrogen) atoms. The molecule has 0 bridgehead atoms. The zero-order valence-electron chi connectivity index (χ0n) is 13.4. The van der Waals surface area contributed by atoms with Gasteiger partial charge in [-0.3, -0.25) is 9.36 Å². The van der Waals surface area contributed by atoms with Crippen LogP contribution in [0.3, 0.4) is 0 Å². The van der Waals surface area contributed by atoms with Crippen molar-refractivity contribution in [1.82, 2.24) is 14.5 Å². The van der Waals surface area contributed by atoms with E-state index >= 15 is 0 Å². The van der Waals surface area contributed by atoms with Crippen LogP contribution in [-0.4, -0.2) is 25.5 Å². The smallest absolute Gasteiger partial charge is 0.254 e. The molecular formula is C16H16ClN5O2. The Kier molecular flexibility index (Phi) is 3.60. The minimum absolute atomic E-state index is 0.0491. The third-order valence-corrected chi connectivity index (χ3v) is 4.36. The first-order valence-electron chi connectivity index (χ1n) is 7.17. The Morgan fingerprint density at radius 3 is 2.46 bits per heavy atom. The summed E-state index contributed by atoms with van der Waals surface area (Å²) in [6.45, 7) is 5.28. The third kappa shape index (κ3) is 2.16. The zero-order chi connectivity index (χ0) is 17.8. The SMILES string of the molecule is Cc1nc2c(C(N)=O)c(N)n(-c3c(Cl)ccc(O)c3C)c2nc1C. The number of phenols is 1. The number of benzene rings is 1. The van der Waals surface area contributed by atoms with E-state index in [1.165, 1.54) is 10.6 Å². The second kappa shape index (κ2) is 5.38. The number of carbonyl (C=O) groups excluding carboxylic acids is 1. The Morgan fingerprint density at radius 1 is 1.21 bits per heavy atom. The van der Waals surface area contributed by atoms with Gasteiger partial charge in [-0.1, -0.05) is 11.6 Å². The summed E-state index contributed by atoms with van der Waals surface area (Å²) in [5, 5.41) is 10.4. The molecule has 1 amide bonds. The summed E-state index contributed by atoms with van der Waals surface area (Å²) in [5.74, 6) is -0.575. The summed E-state index contributed by atoms with van der Waals surface area (Å²) >= 11 is 6.32. The van der Waals surface area contributed by atoms with Crippen molar-refractivity contribution in [2.45, 2.75) is 20.8 Å². The molecule has 0 saturated carbocycles. The topological polar surface area (TPSA) is 120 Å². The normalized spacial score (nSPS) is 11.2. The van der Waals surface area contributed by atoms with Gasteiger partial charge in [0.25, 0.3) is 5.91 Å². The number of nitrogens with zero attached hydrogens (tertiary/aromatic N) is 3. The first kappa shape index (κ1) is 16.1. The average molecular weight is 346 g/mol. The molecule has 0 saturated heterocycles. The number of halogens is 1. The lowest BCUT2D eigenvalue weighted by atomic mass is 10.1. The minimum Gasteiger partial charge on any atom is -0.508 e. The molecule has 0 atom stereocenters. The predicted octanol–water partition coefficient (Wildman–Crippen LogP) is 2.39. The number of fused-ring (bicyclic) bond motifs is 1. The van der Waals surface area contributed by atoms with Gasteiger partial charge in [0.15, 0.2) is 5.65 Å². The number of aryl methyl sites for hydroxylation is 2. The lowest BCUT2D eigenvalue weighted by molar-refractivity contribution is 0.100. The van der Waals surface area contributed by atoms with E-state index in [9.17, 15) is 9.90 Å². The number of hydrogen-bond donors (Lipinski definition) is 3. The number of aromatic nitrogens is 3. The molecule has 0 unspecified atom stereocenters. The number of carbonyl (C=O) groups is 1. The number of nitrogen functional groups attached to an aromatic ring is 1. The number of amides is 1. The maximum Gasteiger partial charge on any atom is 0.254 e. The summed E-state index contributed by atoms with van der Waals surface area (Å²) in [5.41, 5.74) is 14.7. The van der Waals surface area contributed by atoms with Gasteiger partial charge in [0.05, 0.1) is 22.1 Å². The van der Waals surface area contributed by atoms with Crippen LogP contribution in [-0.2, 0) is 0 Å². The quantitative estimate of drug-likeness (QED) is 0.658. The summed E-state index contributed by atoms with van der Waals surface area (Å²) in [6.07, 6.45) is 0. The van der Waals surface area contributed by atoms with Crippen LogP contribution in [0.25, 0.3) is 16.9 Å². The van der Waals surface area contributed by atoms with Crippen molar-refractivity contribution in [3.63, 3.8) is 0 Å². The number of hydrogen-bond acceptors (Lipinski definition) is 5. The molecule has 0 aliphatic rings. The number of primary amides is 1. The van der Waals surface area contributed by atoms with Crippen LogP contribution in [0.2, 0.25) is 5.02 Å². The first-order chi connectivity index (χ1) is 11.2. The van der Waals surface area contributed by atoms with Crippen molar-refractivity contribution in [2.24, 2.45) is 5.73 Å². The summed E-state index contributed by atoms with van der Waals surface area (Å²) < 4.78 is 1.51. The summed E-state index contributed by atoms with van der Waals surface area (Å²) in [6, 6.07) is 3.03. The second-order valence-corrected chi connectivity index (χ2v) is 5.97. The van der Waals surface area contributed by atoms with E-state index in [1.54, 1.807) is 26.8 Å². The second-order valence-electron chi connectivity index (χ2n) is 5.57. The number of rotatable bonds is 2. The molecule has 0 radical (unpaired) electrons. The summed E-state index contributed by atoms with van der Waals surface area (Å²) in [4.78, 5) is 20.8. The van der Waals surface area contributed by atoms with Gasteiger partial charge in [-0.15, -0.1) is 0 Å². The van der Waals surface area contributed by atoms with Crippen LogP contribution in [0.5, 0.6) is 5.75 Å². The standard InChI is InChI=1S/C16H16ClN5O2/c1-6-10(23)5-4-9(17)13(6)22-14(18)11(15(19)24)12-16(22)21-8(3)7(2)20-12/h4-5,23H,18H2,1-3H3,(H2,19,24). The van der Waals surface area contributed by atoms with E-state index in [1.807, 2.05) is 0 Å². The highest BCUT2D eigenvalue weighted by Crippen LogP contribution is 2.37. The van der Waals surface area contributed by atoms with Gasteiger partial charge in [0.2, 0.25) is 0 Å². The molecule has 124 valence electrons. The molecule has 5 N–H and O–H groups in total.